The molecule has 0 spiro atoms. The lowest BCUT2D eigenvalue weighted by atomic mass is 10.1. The van der Waals surface area contributed by atoms with E-state index in [1.807, 2.05) is 0 Å². The van der Waals surface area contributed by atoms with Gasteiger partial charge in [0.2, 0.25) is 0 Å². The van der Waals surface area contributed by atoms with Gasteiger partial charge in [0.15, 0.2) is 0 Å². The lowest BCUT2D eigenvalue weighted by Crippen LogP contribution is -2.51. The first-order valence-corrected chi connectivity index (χ1v) is 4.11. The number of hydrogen-bond donors (Lipinski definition) is 1. The van der Waals surface area contributed by atoms with Crippen LogP contribution in [0.4, 0.5) is 0 Å². The van der Waals surface area contributed by atoms with E-state index in [-0.39, 0.29) is 0 Å². The molecule has 2 nitrogen and oxygen atoms in total. The molecule has 0 aliphatic carbocycles. The molecule has 1 aliphatic rings. The highest BCUT2D eigenvalue weighted by Gasteiger charge is 2.22. The van der Waals surface area contributed by atoms with Crippen LogP contribution in [0.5, 0.6) is 0 Å². The van der Waals surface area contributed by atoms with Crippen LogP contribution in [0.1, 0.15) is 27.2 Å². The van der Waals surface area contributed by atoms with E-state index in [2.05, 4.69) is 26.1 Å². The number of morpholine rings is 1. The van der Waals surface area contributed by atoms with E-state index in [0.717, 1.165) is 13.0 Å². The van der Waals surface area contributed by atoms with E-state index in [1.54, 1.807) is 0 Å². The van der Waals surface area contributed by atoms with Crippen LogP contribution in [-0.2, 0) is 4.74 Å². The molecule has 3 atom stereocenters. The second kappa shape index (κ2) is 3.35. The summed E-state index contributed by atoms with van der Waals surface area (Å²) in [6.07, 6.45) is 1.54. The second-order valence-corrected chi connectivity index (χ2v) is 3.10. The average molecular weight is 143 g/mol. The van der Waals surface area contributed by atoms with Crippen molar-refractivity contribution < 1.29 is 4.74 Å². The number of nitrogens with one attached hydrogen (secondary N) is 1. The monoisotopic (exact) mass is 143 g/mol. The van der Waals surface area contributed by atoms with Crippen LogP contribution in [0.2, 0.25) is 0 Å². The molecule has 1 fully saturated rings. The van der Waals surface area contributed by atoms with Gasteiger partial charge in [-0.1, -0.05) is 6.92 Å². The predicted octanol–water partition coefficient (Wildman–Crippen LogP) is 1.16. The molecular formula is C8H17NO. The van der Waals surface area contributed by atoms with Crippen molar-refractivity contribution in [1.82, 2.24) is 5.32 Å². The standard InChI is InChI=1S/C8H17NO/c1-4-8-5-10-7(3)6(2)9-8/h6-9H,4-5H2,1-3H3. The molecule has 2 heteroatoms. The quantitative estimate of drug-likeness (QED) is 0.594. The van der Waals surface area contributed by atoms with Crippen LogP contribution >= 0.6 is 0 Å². The van der Waals surface area contributed by atoms with Crippen molar-refractivity contribution in [1.29, 1.82) is 0 Å². The Labute approximate surface area is 63.0 Å². The molecule has 0 bridgehead atoms. The zero-order valence-corrected chi connectivity index (χ0v) is 7.05. The maximum atomic E-state index is 5.53. The van der Waals surface area contributed by atoms with E-state index in [4.69, 9.17) is 4.74 Å². The van der Waals surface area contributed by atoms with Gasteiger partial charge in [0.1, 0.15) is 0 Å². The molecule has 0 aromatic carbocycles. The van der Waals surface area contributed by atoms with Crippen LogP contribution < -0.4 is 5.32 Å². The molecule has 1 saturated heterocycles. The van der Waals surface area contributed by atoms with Crippen molar-refractivity contribution in [2.75, 3.05) is 6.61 Å². The van der Waals surface area contributed by atoms with Crippen LogP contribution in [-0.4, -0.2) is 24.8 Å². The lowest BCUT2D eigenvalue weighted by Gasteiger charge is -2.33. The Morgan fingerprint density at radius 3 is 2.70 bits per heavy atom. The van der Waals surface area contributed by atoms with Crippen molar-refractivity contribution in [3.63, 3.8) is 0 Å². The van der Waals surface area contributed by atoms with Crippen LogP contribution in [0.25, 0.3) is 0 Å². The zero-order chi connectivity index (χ0) is 7.56. The van der Waals surface area contributed by atoms with Gasteiger partial charge >= 0.3 is 0 Å². The Morgan fingerprint density at radius 2 is 2.20 bits per heavy atom. The van der Waals surface area contributed by atoms with Gasteiger partial charge in [-0.2, -0.15) is 0 Å². The van der Waals surface area contributed by atoms with Gasteiger partial charge in [0, 0.05) is 12.1 Å². The molecule has 3 unspecified atom stereocenters. The molecule has 0 amide bonds. The first-order chi connectivity index (χ1) is 4.74. The summed E-state index contributed by atoms with van der Waals surface area (Å²) in [5, 5.41) is 3.49. The summed E-state index contributed by atoms with van der Waals surface area (Å²) < 4.78 is 5.53. The summed E-state index contributed by atoms with van der Waals surface area (Å²) in [6, 6.07) is 1.09. The third-order valence-electron chi connectivity index (χ3n) is 2.26. The Kier molecular flexibility index (Phi) is 2.69. The Hall–Kier alpha value is -0.0800. The van der Waals surface area contributed by atoms with Gasteiger partial charge in [-0.15, -0.1) is 0 Å². The maximum Gasteiger partial charge on any atom is 0.0698 e. The summed E-state index contributed by atoms with van der Waals surface area (Å²) in [7, 11) is 0. The highest BCUT2D eigenvalue weighted by Crippen LogP contribution is 2.08. The molecule has 0 aromatic heterocycles. The molecule has 60 valence electrons. The molecule has 10 heavy (non-hydrogen) atoms. The van der Waals surface area contributed by atoms with E-state index >= 15 is 0 Å². The summed E-state index contributed by atoms with van der Waals surface area (Å²) in [4.78, 5) is 0. The third-order valence-corrected chi connectivity index (χ3v) is 2.26. The summed E-state index contributed by atoms with van der Waals surface area (Å²) in [6.45, 7) is 7.35. The summed E-state index contributed by atoms with van der Waals surface area (Å²) in [5.41, 5.74) is 0. The molecule has 1 rings (SSSR count). The largest absolute Gasteiger partial charge is 0.375 e. The zero-order valence-electron chi connectivity index (χ0n) is 7.05. The Balaban J connectivity index is 2.33. The van der Waals surface area contributed by atoms with Gasteiger partial charge in [-0.25, -0.2) is 0 Å². The van der Waals surface area contributed by atoms with Crippen LogP contribution in [0.15, 0.2) is 0 Å². The van der Waals surface area contributed by atoms with Crippen molar-refractivity contribution in [2.24, 2.45) is 0 Å². The molecule has 1 aliphatic heterocycles. The molecule has 1 heterocycles. The number of rotatable bonds is 1. The first-order valence-electron chi connectivity index (χ1n) is 4.11. The Morgan fingerprint density at radius 1 is 1.50 bits per heavy atom. The van der Waals surface area contributed by atoms with E-state index in [9.17, 15) is 0 Å². The smallest absolute Gasteiger partial charge is 0.0698 e. The normalized spacial score (nSPS) is 41.7. The van der Waals surface area contributed by atoms with E-state index in [1.165, 1.54) is 0 Å². The van der Waals surface area contributed by atoms with Gasteiger partial charge in [0.25, 0.3) is 0 Å². The molecular weight excluding hydrogens is 126 g/mol. The Bertz CT molecular complexity index is 105. The van der Waals surface area contributed by atoms with Gasteiger partial charge in [-0.3, -0.25) is 0 Å². The second-order valence-electron chi connectivity index (χ2n) is 3.10. The summed E-state index contributed by atoms with van der Waals surface area (Å²) >= 11 is 0. The van der Waals surface area contributed by atoms with Crippen molar-refractivity contribution >= 4 is 0 Å². The first kappa shape index (κ1) is 8.02. The maximum absolute atomic E-state index is 5.53. The van der Waals surface area contributed by atoms with E-state index < -0.39 is 0 Å². The number of ether oxygens (including phenoxy) is 1. The van der Waals surface area contributed by atoms with Gasteiger partial charge < -0.3 is 10.1 Å². The highest BCUT2D eigenvalue weighted by atomic mass is 16.5. The minimum absolute atomic E-state index is 0.378. The van der Waals surface area contributed by atoms with Gasteiger partial charge in [0.05, 0.1) is 12.7 Å². The third kappa shape index (κ3) is 1.70. The van der Waals surface area contributed by atoms with Gasteiger partial charge in [-0.05, 0) is 20.3 Å². The minimum Gasteiger partial charge on any atom is -0.375 e. The van der Waals surface area contributed by atoms with Crippen molar-refractivity contribution in [3.8, 4) is 0 Å². The molecule has 1 N–H and O–H groups in total. The fraction of sp³-hybridized carbons (Fsp3) is 1.00. The van der Waals surface area contributed by atoms with Crippen LogP contribution in [0.3, 0.4) is 0 Å². The fourth-order valence-electron chi connectivity index (χ4n) is 1.20. The number of hydrogen-bond acceptors (Lipinski definition) is 2. The minimum atomic E-state index is 0.378. The van der Waals surface area contributed by atoms with Crippen molar-refractivity contribution in [3.05, 3.63) is 0 Å². The summed E-state index contributed by atoms with van der Waals surface area (Å²) in [5.74, 6) is 0. The molecule has 0 radical (unpaired) electrons. The van der Waals surface area contributed by atoms with Crippen LogP contribution in [0, 0.1) is 0 Å². The molecule has 0 saturated carbocycles. The molecule has 0 aromatic rings. The van der Waals surface area contributed by atoms with E-state index in [0.29, 0.717) is 18.2 Å². The fourth-order valence-corrected chi connectivity index (χ4v) is 1.20. The predicted molar refractivity (Wildman–Crippen MR) is 42.1 cm³/mol. The highest BCUT2D eigenvalue weighted by molar-refractivity contribution is 4.79. The average Bonchev–Trinajstić information content (AvgIpc) is 1.95. The van der Waals surface area contributed by atoms with Crippen molar-refractivity contribution in [2.45, 2.75) is 45.4 Å². The lowest BCUT2D eigenvalue weighted by molar-refractivity contribution is -0.0124. The SMILES string of the molecule is CCC1COC(C)C(C)N1. The topological polar surface area (TPSA) is 21.3 Å².